The van der Waals surface area contributed by atoms with Crippen molar-refractivity contribution in [2.75, 3.05) is 33.9 Å². The Balaban J connectivity index is 1.68. The third kappa shape index (κ3) is 4.91. The van der Waals surface area contributed by atoms with Gasteiger partial charge in [-0.15, -0.1) is 0 Å². The number of carbonyl (C=O) groups is 3. The van der Waals surface area contributed by atoms with Gasteiger partial charge >= 0.3 is 12.1 Å². The van der Waals surface area contributed by atoms with E-state index in [9.17, 15) is 14.4 Å². The lowest BCUT2D eigenvalue weighted by atomic mass is 9.98. The van der Waals surface area contributed by atoms with Gasteiger partial charge in [0.15, 0.2) is 0 Å². The standard InChI is InChI=1S/C24H28N2O6/c1-24(15-31-3,22(29)26(2)13-12-21(27)28)25-23(30)32-14-20-18-10-6-4-8-16(18)17-9-5-7-11-19(17)20/h4-11,20H,12-15H2,1-3H3,(H,25,30)(H,27,28). The van der Waals surface area contributed by atoms with Crippen molar-refractivity contribution in [2.24, 2.45) is 0 Å². The first-order valence-corrected chi connectivity index (χ1v) is 10.4. The number of hydrogen-bond acceptors (Lipinski definition) is 5. The normalized spacial score (nSPS) is 14.1. The lowest BCUT2D eigenvalue weighted by Gasteiger charge is -2.32. The molecule has 2 amide bonds. The number of benzene rings is 2. The van der Waals surface area contributed by atoms with Gasteiger partial charge in [0.05, 0.1) is 13.0 Å². The zero-order valence-corrected chi connectivity index (χ0v) is 18.5. The molecule has 8 heteroatoms. The molecule has 0 aliphatic heterocycles. The van der Waals surface area contributed by atoms with E-state index in [1.54, 1.807) is 0 Å². The predicted molar refractivity (Wildman–Crippen MR) is 118 cm³/mol. The fourth-order valence-electron chi connectivity index (χ4n) is 4.09. The van der Waals surface area contributed by atoms with Gasteiger partial charge in [-0.25, -0.2) is 4.79 Å². The highest BCUT2D eigenvalue weighted by Gasteiger charge is 2.38. The molecule has 2 aromatic rings. The minimum absolute atomic E-state index is 0.0137. The number of alkyl carbamates (subject to hydrolysis) is 1. The summed E-state index contributed by atoms with van der Waals surface area (Å²) in [7, 11) is 2.90. The first-order valence-electron chi connectivity index (χ1n) is 10.4. The Hall–Kier alpha value is -3.39. The number of methoxy groups -OCH3 is 1. The molecule has 1 aliphatic rings. The minimum Gasteiger partial charge on any atom is -0.481 e. The van der Waals surface area contributed by atoms with Crippen LogP contribution in [0.2, 0.25) is 0 Å². The summed E-state index contributed by atoms with van der Waals surface area (Å²) < 4.78 is 10.7. The molecule has 3 rings (SSSR count). The van der Waals surface area contributed by atoms with E-state index >= 15 is 0 Å². The summed E-state index contributed by atoms with van der Waals surface area (Å²) in [6, 6.07) is 16.0. The maximum absolute atomic E-state index is 12.9. The molecule has 0 saturated carbocycles. The van der Waals surface area contributed by atoms with Crippen molar-refractivity contribution < 1.29 is 29.0 Å². The van der Waals surface area contributed by atoms with Crippen molar-refractivity contribution in [3.05, 3.63) is 59.7 Å². The van der Waals surface area contributed by atoms with E-state index in [2.05, 4.69) is 17.4 Å². The molecule has 1 atom stereocenters. The Labute approximate surface area is 187 Å². The largest absolute Gasteiger partial charge is 0.481 e. The molecule has 0 spiro atoms. The molecule has 1 unspecified atom stereocenters. The Morgan fingerprint density at radius 3 is 2.16 bits per heavy atom. The topological polar surface area (TPSA) is 105 Å². The molecule has 0 fully saturated rings. The molecule has 2 aromatic carbocycles. The Bertz CT molecular complexity index is 962. The number of carbonyl (C=O) groups excluding carboxylic acids is 2. The summed E-state index contributed by atoms with van der Waals surface area (Å²) in [4.78, 5) is 37.6. The minimum atomic E-state index is -1.40. The maximum atomic E-state index is 12.9. The molecular formula is C24H28N2O6. The van der Waals surface area contributed by atoms with Gasteiger partial charge in [-0.3, -0.25) is 9.59 Å². The van der Waals surface area contributed by atoms with E-state index in [-0.39, 0.29) is 32.1 Å². The van der Waals surface area contributed by atoms with E-state index in [0.29, 0.717) is 0 Å². The second-order valence-electron chi connectivity index (χ2n) is 8.09. The van der Waals surface area contributed by atoms with Gasteiger partial charge in [-0.1, -0.05) is 48.5 Å². The van der Waals surface area contributed by atoms with Crippen LogP contribution in [0.5, 0.6) is 0 Å². The van der Waals surface area contributed by atoms with Crippen LogP contribution in [-0.4, -0.2) is 67.4 Å². The van der Waals surface area contributed by atoms with Gasteiger partial charge in [-0.2, -0.15) is 0 Å². The van der Waals surface area contributed by atoms with Gasteiger partial charge in [0.25, 0.3) is 0 Å². The number of rotatable bonds is 9. The smallest absolute Gasteiger partial charge is 0.408 e. The Morgan fingerprint density at radius 1 is 1.06 bits per heavy atom. The monoisotopic (exact) mass is 440 g/mol. The number of aliphatic carboxylic acids is 1. The number of likely N-dealkylation sites (N-methyl/N-ethyl adjacent to an activating group) is 1. The molecular weight excluding hydrogens is 412 g/mol. The second-order valence-corrected chi connectivity index (χ2v) is 8.09. The predicted octanol–water partition coefficient (Wildman–Crippen LogP) is 2.86. The lowest BCUT2D eigenvalue weighted by Crippen LogP contribution is -2.60. The van der Waals surface area contributed by atoms with Crippen molar-refractivity contribution in [2.45, 2.75) is 24.8 Å². The van der Waals surface area contributed by atoms with Crippen molar-refractivity contribution in [1.29, 1.82) is 0 Å². The SMILES string of the molecule is COCC(C)(NC(=O)OCC1c2ccccc2-c2ccccc21)C(=O)N(C)CCC(=O)O. The van der Waals surface area contributed by atoms with E-state index in [1.165, 1.54) is 26.0 Å². The molecule has 0 heterocycles. The molecule has 1 aliphatic carbocycles. The van der Waals surface area contributed by atoms with Crippen molar-refractivity contribution in [1.82, 2.24) is 10.2 Å². The van der Waals surface area contributed by atoms with E-state index < -0.39 is 23.5 Å². The quantitative estimate of drug-likeness (QED) is 0.621. The first-order chi connectivity index (χ1) is 15.3. The average Bonchev–Trinajstić information content (AvgIpc) is 3.09. The van der Waals surface area contributed by atoms with Crippen LogP contribution in [0.3, 0.4) is 0 Å². The number of nitrogens with one attached hydrogen (secondary N) is 1. The highest BCUT2D eigenvalue weighted by Crippen LogP contribution is 2.44. The molecule has 8 nitrogen and oxygen atoms in total. The van der Waals surface area contributed by atoms with Crippen LogP contribution in [0, 0.1) is 0 Å². The number of carboxylic acids is 1. The number of fused-ring (bicyclic) bond motifs is 3. The van der Waals surface area contributed by atoms with Crippen LogP contribution in [0.4, 0.5) is 4.79 Å². The third-order valence-electron chi connectivity index (χ3n) is 5.63. The van der Waals surface area contributed by atoms with Gasteiger partial charge in [-0.05, 0) is 29.2 Å². The molecule has 32 heavy (non-hydrogen) atoms. The molecule has 0 bridgehead atoms. The maximum Gasteiger partial charge on any atom is 0.408 e. The number of amides is 2. The average molecular weight is 440 g/mol. The van der Waals surface area contributed by atoms with E-state index in [4.69, 9.17) is 14.6 Å². The van der Waals surface area contributed by atoms with Crippen LogP contribution >= 0.6 is 0 Å². The lowest BCUT2D eigenvalue weighted by molar-refractivity contribution is -0.141. The van der Waals surface area contributed by atoms with E-state index in [0.717, 1.165) is 22.3 Å². The summed E-state index contributed by atoms with van der Waals surface area (Å²) >= 11 is 0. The van der Waals surface area contributed by atoms with E-state index in [1.807, 2.05) is 36.4 Å². The summed E-state index contributed by atoms with van der Waals surface area (Å²) in [6.07, 6.45) is -0.942. The zero-order valence-electron chi connectivity index (χ0n) is 18.5. The summed E-state index contributed by atoms with van der Waals surface area (Å²) in [5, 5.41) is 11.5. The number of carboxylic acid groups (broad SMARTS) is 1. The molecule has 170 valence electrons. The fraction of sp³-hybridized carbons (Fsp3) is 0.375. The molecule has 2 N–H and O–H groups in total. The third-order valence-corrected chi connectivity index (χ3v) is 5.63. The van der Waals surface area contributed by atoms with Gasteiger partial charge in [0, 0.05) is 26.6 Å². The molecule has 0 aromatic heterocycles. The highest BCUT2D eigenvalue weighted by molar-refractivity contribution is 5.90. The zero-order chi connectivity index (χ0) is 23.3. The van der Waals surface area contributed by atoms with Crippen molar-refractivity contribution in [3.8, 4) is 11.1 Å². The van der Waals surface area contributed by atoms with Crippen LogP contribution in [0.25, 0.3) is 11.1 Å². The Morgan fingerprint density at radius 2 is 1.62 bits per heavy atom. The van der Waals surface area contributed by atoms with Crippen LogP contribution in [0.1, 0.15) is 30.4 Å². The van der Waals surface area contributed by atoms with Crippen molar-refractivity contribution >= 4 is 18.0 Å². The fourth-order valence-corrected chi connectivity index (χ4v) is 4.09. The molecule has 0 radical (unpaired) electrons. The van der Waals surface area contributed by atoms with Gasteiger partial charge in [0.2, 0.25) is 5.91 Å². The molecule has 0 saturated heterocycles. The summed E-state index contributed by atoms with van der Waals surface area (Å²) in [5.41, 5.74) is 3.02. The van der Waals surface area contributed by atoms with Gasteiger partial charge < -0.3 is 24.8 Å². The Kier molecular flexibility index (Phi) is 7.15. The van der Waals surface area contributed by atoms with Crippen LogP contribution in [0.15, 0.2) is 48.5 Å². The second kappa shape index (κ2) is 9.82. The highest BCUT2D eigenvalue weighted by atomic mass is 16.5. The number of ether oxygens (including phenoxy) is 2. The van der Waals surface area contributed by atoms with Gasteiger partial charge in [0.1, 0.15) is 12.1 Å². The van der Waals surface area contributed by atoms with Crippen LogP contribution < -0.4 is 5.32 Å². The number of nitrogens with zero attached hydrogens (tertiary/aromatic N) is 1. The van der Waals surface area contributed by atoms with Crippen LogP contribution in [-0.2, 0) is 19.1 Å². The summed E-state index contributed by atoms with van der Waals surface area (Å²) in [5.74, 6) is -1.58. The number of hydrogen-bond donors (Lipinski definition) is 2. The summed E-state index contributed by atoms with van der Waals surface area (Å²) in [6.45, 7) is 1.57. The van der Waals surface area contributed by atoms with Crippen molar-refractivity contribution in [3.63, 3.8) is 0 Å². The first kappa shape index (κ1) is 23.3.